The molecular weight excluding hydrogens is 366 g/mol. The molecule has 0 aromatic heterocycles. The molecule has 2 rings (SSSR count). The first-order chi connectivity index (χ1) is 12.1. The number of methoxy groups -OCH3 is 1. The Bertz CT molecular complexity index is 585. The van der Waals surface area contributed by atoms with Gasteiger partial charge in [-0.1, -0.05) is 0 Å². The monoisotopic (exact) mass is 386 g/mol. The Morgan fingerprint density at radius 1 is 1.12 bits per heavy atom. The maximum absolute atomic E-state index is 12.7. The molecule has 1 heterocycles. The zero-order valence-electron chi connectivity index (χ0n) is 14.1. The lowest BCUT2D eigenvalue weighted by Gasteiger charge is -2.36. The largest absolute Gasteiger partial charge is 0.573 e. The van der Waals surface area contributed by atoms with Gasteiger partial charge in [0.1, 0.15) is 11.5 Å². The van der Waals surface area contributed by atoms with Crippen LogP contribution >= 0.6 is 0 Å². The predicted molar refractivity (Wildman–Crippen MR) is 82.1 cm³/mol. The molecule has 1 N–H and O–H groups in total. The molecular formula is C16H20F6N2O2. The molecule has 0 unspecified atom stereocenters. The van der Waals surface area contributed by atoms with Gasteiger partial charge in [0.05, 0.1) is 7.11 Å². The van der Waals surface area contributed by atoms with Crippen LogP contribution in [-0.4, -0.2) is 50.7 Å². The molecule has 0 aliphatic carbocycles. The van der Waals surface area contributed by atoms with E-state index in [1.807, 2.05) is 4.90 Å². The normalized spacial score (nSPS) is 17.8. The smallest absolute Gasteiger partial charge is 0.496 e. The second kappa shape index (κ2) is 8.34. The number of hydrogen-bond donors (Lipinski definition) is 1. The summed E-state index contributed by atoms with van der Waals surface area (Å²) in [6.45, 7) is 2.14. The van der Waals surface area contributed by atoms with Crippen molar-refractivity contribution >= 4 is 0 Å². The van der Waals surface area contributed by atoms with E-state index in [9.17, 15) is 26.3 Å². The van der Waals surface area contributed by atoms with E-state index in [0.29, 0.717) is 26.2 Å². The highest BCUT2D eigenvalue weighted by molar-refractivity contribution is 5.42. The van der Waals surface area contributed by atoms with Crippen molar-refractivity contribution in [1.82, 2.24) is 10.2 Å². The van der Waals surface area contributed by atoms with Crippen LogP contribution in [0.1, 0.15) is 24.4 Å². The van der Waals surface area contributed by atoms with Crippen LogP contribution in [0, 0.1) is 0 Å². The van der Waals surface area contributed by atoms with Gasteiger partial charge in [-0.05, 0) is 24.6 Å². The van der Waals surface area contributed by atoms with Gasteiger partial charge in [0.2, 0.25) is 0 Å². The van der Waals surface area contributed by atoms with E-state index in [-0.39, 0.29) is 17.7 Å². The molecule has 10 heteroatoms. The third-order valence-corrected chi connectivity index (χ3v) is 4.09. The van der Waals surface area contributed by atoms with Crippen molar-refractivity contribution in [2.75, 3.05) is 33.3 Å². The summed E-state index contributed by atoms with van der Waals surface area (Å²) in [6.07, 6.45) is -10.6. The van der Waals surface area contributed by atoms with Crippen molar-refractivity contribution in [3.05, 3.63) is 23.8 Å². The molecule has 26 heavy (non-hydrogen) atoms. The van der Waals surface area contributed by atoms with Crippen molar-refractivity contribution in [2.24, 2.45) is 0 Å². The number of nitrogens with zero attached hydrogens (tertiary/aromatic N) is 1. The van der Waals surface area contributed by atoms with Crippen LogP contribution in [0.25, 0.3) is 0 Å². The van der Waals surface area contributed by atoms with E-state index in [1.165, 1.54) is 13.2 Å². The highest BCUT2D eigenvalue weighted by atomic mass is 19.4. The molecule has 0 bridgehead atoms. The van der Waals surface area contributed by atoms with Gasteiger partial charge in [0.15, 0.2) is 0 Å². The van der Waals surface area contributed by atoms with Crippen LogP contribution < -0.4 is 14.8 Å². The number of ether oxygens (including phenoxy) is 2. The Morgan fingerprint density at radius 2 is 1.77 bits per heavy atom. The second-order valence-corrected chi connectivity index (χ2v) is 5.91. The minimum atomic E-state index is -4.89. The number of nitrogens with one attached hydrogen (secondary N) is 1. The summed E-state index contributed by atoms with van der Waals surface area (Å²) in [6, 6.07) is 2.73. The lowest BCUT2D eigenvalue weighted by molar-refractivity contribution is -0.274. The van der Waals surface area contributed by atoms with Gasteiger partial charge >= 0.3 is 12.5 Å². The SMILES string of the molecule is COc1ccc(OC(F)(F)F)cc1[C@H](CCC(F)(F)F)N1CCNCC1. The van der Waals surface area contributed by atoms with Gasteiger partial charge in [0, 0.05) is 44.2 Å². The molecule has 0 spiro atoms. The first kappa shape index (κ1) is 20.6. The summed E-state index contributed by atoms with van der Waals surface area (Å²) in [5, 5.41) is 3.10. The number of piperazine rings is 1. The zero-order valence-corrected chi connectivity index (χ0v) is 14.1. The summed E-state index contributed by atoms with van der Waals surface area (Å²) in [5.74, 6) is -0.259. The van der Waals surface area contributed by atoms with Gasteiger partial charge in [-0.2, -0.15) is 13.2 Å². The summed E-state index contributed by atoms with van der Waals surface area (Å²) in [7, 11) is 1.32. The van der Waals surface area contributed by atoms with Crippen molar-refractivity contribution in [3.63, 3.8) is 0 Å². The number of halogens is 6. The first-order valence-corrected chi connectivity index (χ1v) is 8.04. The number of alkyl halides is 6. The average molecular weight is 386 g/mol. The van der Waals surface area contributed by atoms with Crippen LogP contribution in [0.15, 0.2) is 18.2 Å². The lowest BCUT2D eigenvalue weighted by atomic mass is 9.98. The van der Waals surface area contributed by atoms with Crippen molar-refractivity contribution in [1.29, 1.82) is 0 Å². The zero-order chi connectivity index (χ0) is 19.4. The van der Waals surface area contributed by atoms with E-state index in [4.69, 9.17) is 4.74 Å². The minimum Gasteiger partial charge on any atom is -0.496 e. The van der Waals surface area contributed by atoms with Gasteiger partial charge in [-0.3, -0.25) is 4.90 Å². The van der Waals surface area contributed by atoms with E-state index >= 15 is 0 Å². The van der Waals surface area contributed by atoms with Crippen LogP contribution in [-0.2, 0) is 0 Å². The van der Waals surface area contributed by atoms with Crippen LogP contribution in [0.4, 0.5) is 26.3 Å². The van der Waals surface area contributed by atoms with Crippen LogP contribution in [0.3, 0.4) is 0 Å². The minimum absolute atomic E-state index is 0.227. The van der Waals surface area contributed by atoms with Gasteiger partial charge in [-0.25, -0.2) is 0 Å². The van der Waals surface area contributed by atoms with E-state index < -0.39 is 30.8 Å². The maximum atomic E-state index is 12.7. The van der Waals surface area contributed by atoms with Crippen molar-refractivity contribution in [3.8, 4) is 11.5 Å². The molecule has 0 saturated carbocycles. The highest BCUT2D eigenvalue weighted by Crippen LogP contribution is 2.38. The quantitative estimate of drug-likeness (QED) is 0.753. The van der Waals surface area contributed by atoms with Gasteiger partial charge in [-0.15, -0.1) is 13.2 Å². The number of hydrogen-bond acceptors (Lipinski definition) is 4. The number of benzene rings is 1. The van der Waals surface area contributed by atoms with Crippen LogP contribution in [0.2, 0.25) is 0 Å². The first-order valence-electron chi connectivity index (χ1n) is 8.04. The Balaban J connectivity index is 2.35. The van der Waals surface area contributed by atoms with Crippen molar-refractivity contribution in [2.45, 2.75) is 31.4 Å². The Morgan fingerprint density at radius 3 is 2.31 bits per heavy atom. The molecule has 1 atom stereocenters. The van der Waals surface area contributed by atoms with E-state index in [0.717, 1.165) is 12.1 Å². The molecule has 0 radical (unpaired) electrons. The molecule has 1 aliphatic heterocycles. The van der Waals surface area contributed by atoms with E-state index in [2.05, 4.69) is 10.1 Å². The standard InChI is InChI=1S/C16H20F6N2O2/c1-25-14-3-2-11(26-16(20,21)22)10-12(14)13(4-5-15(17,18)19)24-8-6-23-7-9-24/h2-3,10,13,23H,4-9H2,1H3/t13-/m0/s1. The van der Waals surface area contributed by atoms with Crippen molar-refractivity contribution < 1.29 is 35.8 Å². The molecule has 148 valence electrons. The Labute approximate surface area is 147 Å². The number of rotatable bonds is 6. The third kappa shape index (κ3) is 6.24. The van der Waals surface area contributed by atoms with Gasteiger partial charge < -0.3 is 14.8 Å². The molecule has 1 saturated heterocycles. The fraction of sp³-hybridized carbons (Fsp3) is 0.625. The Hall–Kier alpha value is -1.68. The molecule has 0 amide bonds. The molecule has 1 aliphatic rings. The van der Waals surface area contributed by atoms with Crippen LogP contribution in [0.5, 0.6) is 11.5 Å². The van der Waals surface area contributed by atoms with Gasteiger partial charge in [0.25, 0.3) is 0 Å². The molecule has 1 fully saturated rings. The topological polar surface area (TPSA) is 33.7 Å². The molecule has 1 aromatic carbocycles. The van der Waals surface area contributed by atoms with E-state index in [1.54, 1.807) is 0 Å². The summed E-state index contributed by atoms with van der Waals surface area (Å²) in [5.41, 5.74) is 0.250. The molecule has 4 nitrogen and oxygen atoms in total. The summed E-state index contributed by atoms with van der Waals surface area (Å²) in [4.78, 5) is 1.82. The second-order valence-electron chi connectivity index (χ2n) is 5.91. The maximum Gasteiger partial charge on any atom is 0.573 e. The summed E-state index contributed by atoms with van der Waals surface area (Å²) >= 11 is 0. The fourth-order valence-electron chi connectivity index (χ4n) is 3.00. The predicted octanol–water partition coefficient (Wildman–Crippen LogP) is 3.88. The third-order valence-electron chi connectivity index (χ3n) is 4.09. The average Bonchev–Trinajstić information content (AvgIpc) is 2.54. The highest BCUT2D eigenvalue weighted by Gasteiger charge is 2.34. The Kier molecular flexibility index (Phi) is 6.62. The summed E-state index contributed by atoms with van der Waals surface area (Å²) < 4.78 is 84.8. The molecule has 1 aromatic rings. The lowest BCUT2D eigenvalue weighted by Crippen LogP contribution is -2.45. The fourth-order valence-corrected chi connectivity index (χ4v) is 3.00.